The summed E-state index contributed by atoms with van der Waals surface area (Å²) in [5, 5.41) is 2.99. The summed E-state index contributed by atoms with van der Waals surface area (Å²) in [5.74, 6) is -1.88. The van der Waals surface area contributed by atoms with Gasteiger partial charge in [0.25, 0.3) is 5.56 Å². The van der Waals surface area contributed by atoms with Crippen molar-refractivity contribution in [2.45, 2.75) is 26.2 Å². The van der Waals surface area contributed by atoms with Crippen LogP contribution in [0.3, 0.4) is 0 Å². The quantitative estimate of drug-likeness (QED) is 0.211. The van der Waals surface area contributed by atoms with Gasteiger partial charge in [-0.3, -0.25) is 14.7 Å². The van der Waals surface area contributed by atoms with Crippen LogP contribution in [0.5, 0.6) is 0 Å². The normalized spacial score (nSPS) is 15.8. The van der Waals surface area contributed by atoms with Gasteiger partial charge in [0.15, 0.2) is 5.78 Å². The van der Waals surface area contributed by atoms with Gasteiger partial charge in [-0.25, -0.2) is 13.9 Å². The highest BCUT2D eigenvalue weighted by Crippen LogP contribution is 2.51. The molecule has 0 radical (unpaired) electrons. The number of aromatic nitrogens is 3. The number of para-hydroxylation sites is 1. The number of benzene rings is 3. The first kappa shape index (κ1) is 27.7. The number of hydrogen-bond acceptors (Lipinski definition) is 4. The van der Waals surface area contributed by atoms with E-state index < -0.39 is 28.7 Å². The monoisotopic (exact) mass is 627 g/mol. The Hall–Kier alpha value is -4.50. The van der Waals surface area contributed by atoms with Crippen LogP contribution in [0.4, 0.5) is 4.39 Å². The smallest absolute Gasteiger partial charge is 0.356 e. The molecule has 3 aromatic carbocycles. The van der Waals surface area contributed by atoms with Crippen LogP contribution >= 0.6 is 15.9 Å². The van der Waals surface area contributed by atoms with Crippen LogP contribution in [0.25, 0.3) is 22.6 Å². The minimum Gasteiger partial charge on any atom is -0.464 e. The summed E-state index contributed by atoms with van der Waals surface area (Å²) < 4.78 is 23.3. The zero-order valence-corrected chi connectivity index (χ0v) is 24.7. The molecule has 1 unspecified atom stereocenters. The molecule has 1 aliphatic rings. The maximum Gasteiger partial charge on any atom is 0.356 e. The molecule has 0 saturated carbocycles. The van der Waals surface area contributed by atoms with Crippen LogP contribution in [0, 0.1) is 11.2 Å². The van der Waals surface area contributed by atoms with E-state index >= 15 is 0 Å². The number of Topliss-reactive ketones (excluding diaryl/α,β-unsaturated/α-hetero) is 1. The molecule has 2 heterocycles. The highest BCUT2D eigenvalue weighted by atomic mass is 79.9. The molecule has 0 aliphatic heterocycles. The maximum absolute atomic E-state index is 14.3. The summed E-state index contributed by atoms with van der Waals surface area (Å²) in [6.45, 7) is 3.83. The van der Waals surface area contributed by atoms with E-state index in [1.165, 1.54) is 23.9 Å². The first-order valence-corrected chi connectivity index (χ1v) is 14.2. The molecule has 1 aliphatic carbocycles. The molecule has 0 spiro atoms. The highest BCUT2D eigenvalue weighted by Gasteiger charge is 2.47. The van der Waals surface area contributed by atoms with Crippen LogP contribution in [0.2, 0.25) is 0 Å². The van der Waals surface area contributed by atoms with Crippen molar-refractivity contribution in [2.75, 3.05) is 7.11 Å². The Bertz CT molecular complexity index is 1880. The van der Waals surface area contributed by atoms with Gasteiger partial charge in [-0.1, -0.05) is 60.1 Å². The third kappa shape index (κ3) is 4.54. The Labute approximate surface area is 249 Å². The molecule has 5 aromatic rings. The van der Waals surface area contributed by atoms with Crippen molar-refractivity contribution in [3.63, 3.8) is 0 Å². The molecule has 9 heteroatoms. The third-order valence-electron chi connectivity index (χ3n) is 7.85. The fourth-order valence-corrected chi connectivity index (χ4v) is 6.24. The number of halogens is 2. The average molecular weight is 628 g/mol. The van der Waals surface area contributed by atoms with Crippen molar-refractivity contribution < 1.29 is 18.7 Å². The molecular weight excluding hydrogens is 601 g/mol. The lowest BCUT2D eigenvalue weighted by Crippen LogP contribution is -2.37. The van der Waals surface area contributed by atoms with E-state index in [4.69, 9.17) is 4.74 Å². The molecule has 0 amide bonds. The molecule has 0 bridgehead atoms. The molecule has 212 valence electrons. The maximum atomic E-state index is 14.3. The minimum absolute atomic E-state index is 0.0155. The predicted molar refractivity (Wildman–Crippen MR) is 161 cm³/mol. The van der Waals surface area contributed by atoms with E-state index in [0.717, 1.165) is 10.0 Å². The second kappa shape index (κ2) is 10.4. The van der Waals surface area contributed by atoms with E-state index in [1.807, 2.05) is 54.8 Å². The number of ether oxygens (including phenoxy) is 1. The molecule has 1 atom stereocenters. The lowest BCUT2D eigenvalue weighted by molar-refractivity contribution is 0.0591. The number of hydrogen-bond donors (Lipinski definition) is 1. The van der Waals surface area contributed by atoms with Crippen LogP contribution in [0.15, 0.2) is 94.2 Å². The first-order chi connectivity index (χ1) is 20.1. The zero-order valence-electron chi connectivity index (χ0n) is 23.2. The van der Waals surface area contributed by atoms with Crippen molar-refractivity contribution in [3.8, 4) is 22.6 Å². The summed E-state index contributed by atoms with van der Waals surface area (Å²) in [6, 6.07) is 24.4. The predicted octanol–water partition coefficient (Wildman–Crippen LogP) is 7.06. The topological polar surface area (TPSA) is 86.1 Å². The van der Waals surface area contributed by atoms with E-state index in [2.05, 4.69) is 21.0 Å². The fraction of sp³-hybridized carbons (Fsp3) is 0.182. The first-order valence-electron chi connectivity index (χ1n) is 13.4. The number of methoxy groups -OCH3 is 1. The number of ketones is 1. The number of rotatable bonds is 5. The number of esters is 1. The number of H-pyrrole nitrogens is 1. The number of carbonyl (C=O) groups is 2. The highest BCUT2D eigenvalue weighted by molar-refractivity contribution is 9.10. The molecule has 7 nitrogen and oxygen atoms in total. The number of carbonyl (C=O) groups excluding carboxylic acids is 2. The average Bonchev–Trinajstić information content (AvgIpc) is 3.53. The Morgan fingerprint density at radius 1 is 0.976 bits per heavy atom. The van der Waals surface area contributed by atoms with Crippen LogP contribution < -0.4 is 5.56 Å². The lowest BCUT2D eigenvalue weighted by atomic mass is 9.65. The molecule has 0 fully saturated rings. The molecule has 1 N–H and O–H groups in total. The Morgan fingerprint density at radius 3 is 2.29 bits per heavy atom. The van der Waals surface area contributed by atoms with Gasteiger partial charge in [-0.15, -0.1) is 0 Å². The second-order valence-corrected chi connectivity index (χ2v) is 12.0. The largest absolute Gasteiger partial charge is 0.464 e. The third-order valence-corrected chi connectivity index (χ3v) is 8.38. The van der Waals surface area contributed by atoms with Crippen LogP contribution in [-0.4, -0.2) is 33.2 Å². The van der Waals surface area contributed by atoms with Gasteiger partial charge in [0, 0.05) is 33.8 Å². The zero-order chi connectivity index (χ0) is 29.8. The number of aromatic amines is 1. The van der Waals surface area contributed by atoms with Gasteiger partial charge in [-0.05, 0) is 65.6 Å². The molecular formula is C33H27BrFN3O4. The van der Waals surface area contributed by atoms with Gasteiger partial charge in [0.1, 0.15) is 11.5 Å². The fourth-order valence-electron chi connectivity index (χ4n) is 5.98. The van der Waals surface area contributed by atoms with Crippen molar-refractivity contribution >= 4 is 27.7 Å². The SMILES string of the molecule is COC(=O)c1[nH]n(-c2ccccc2)c(=O)c1C1c2c(cc(-c3ccc(Br)cc3)n2-c2ccc(F)cc2)C(=O)CC1(C)C. The van der Waals surface area contributed by atoms with Gasteiger partial charge in [0.2, 0.25) is 0 Å². The minimum atomic E-state index is -0.782. The molecule has 6 rings (SSSR count). The van der Waals surface area contributed by atoms with Crippen molar-refractivity contribution in [3.05, 3.63) is 128 Å². The second-order valence-electron chi connectivity index (χ2n) is 11.0. The van der Waals surface area contributed by atoms with Gasteiger partial charge >= 0.3 is 5.97 Å². The standard InChI is InChI=1S/C33H27BrFN3O4/c1-33(2)18-26(39)24-17-25(19-9-11-20(34)12-10-19)37(22-15-13-21(35)14-16-22)30(24)28(33)27-29(32(41)42-3)36-38(31(27)40)23-7-5-4-6-8-23/h4-17,28,36H,18H2,1-3H3. The van der Waals surface area contributed by atoms with E-state index in [1.54, 1.807) is 36.4 Å². The number of nitrogens with zero attached hydrogens (tertiary/aromatic N) is 2. The number of fused-ring (bicyclic) bond motifs is 1. The van der Waals surface area contributed by atoms with Crippen LogP contribution in [0.1, 0.15) is 58.3 Å². The Balaban J connectivity index is 1.71. The lowest BCUT2D eigenvalue weighted by Gasteiger charge is -2.38. The van der Waals surface area contributed by atoms with E-state index in [0.29, 0.717) is 28.3 Å². The van der Waals surface area contributed by atoms with Crippen molar-refractivity contribution in [1.82, 2.24) is 14.3 Å². The van der Waals surface area contributed by atoms with Gasteiger partial charge in [0.05, 0.1) is 24.1 Å². The Kier molecular flexibility index (Phi) is 6.85. The molecule has 0 saturated heterocycles. The van der Waals surface area contributed by atoms with E-state index in [9.17, 15) is 18.8 Å². The van der Waals surface area contributed by atoms with Crippen molar-refractivity contribution in [1.29, 1.82) is 0 Å². The molecule has 42 heavy (non-hydrogen) atoms. The van der Waals surface area contributed by atoms with Gasteiger partial charge in [-0.2, -0.15) is 0 Å². The molecule has 2 aromatic heterocycles. The summed E-state index contributed by atoms with van der Waals surface area (Å²) in [4.78, 5) is 41.2. The summed E-state index contributed by atoms with van der Waals surface area (Å²) in [5.41, 5.74) is 2.71. The van der Waals surface area contributed by atoms with E-state index in [-0.39, 0.29) is 23.5 Å². The van der Waals surface area contributed by atoms with Crippen molar-refractivity contribution in [2.24, 2.45) is 5.41 Å². The Morgan fingerprint density at radius 2 is 1.64 bits per heavy atom. The summed E-state index contributed by atoms with van der Waals surface area (Å²) in [7, 11) is 1.26. The number of nitrogens with one attached hydrogen (secondary N) is 1. The summed E-state index contributed by atoms with van der Waals surface area (Å²) in [6.07, 6.45) is 0.147. The summed E-state index contributed by atoms with van der Waals surface area (Å²) >= 11 is 3.48. The van der Waals surface area contributed by atoms with Gasteiger partial charge < -0.3 is 9.30 Å². The van der Waals surface area contributed by atoms with Crippen LogP contribution in [-0.2, 0) is 4.74 Å².